The van der Waals surface area contributed by atoms with Gasteiger partial charge in [0.15, 0.2) is 0 Å². The molecule has 1 aliphatic carbocycles. The molecule has 15 heavy (non-hydrogen) atoms. The molecule has 2 saturated heterocycles. The molecule has 4 atom stereocenters. The van der Waals surface area contributed by atoms with Crippen LogP contribution in [0.5, 0.6) is 0 Å². The zero-order chi connectivity index (χ0) is 10.4. The molecule has 0 saturated carbocycles. The van der Waals surface area contributed by atoms with E-state index >= 15 is 0 Å². The number of amides is 1. The second-order valence-corrected chi connectivity index (χ2v) is 5.04. The second kappa shape index (κ2) is 3.34. The molecule has 0 aromatic heterocycles. The van der Waals surface area contributed by atoms with Crippen molar-refractivity contribution in [2.24, 2.45) is 11.8 Å². The minimum Gasteiger partial charge on any atom is -0.389 e. The summed E-state index contributed by atoms with van der Waals surface area (Å²) in [5, 5.41) is 9.77. The smallest absolute Gasteiger partial charge is 0.222 e. The number of hydrogen-bond donors (Lipinski definition) is 1. The predicted molar refractivity (Wildman–Crippen MR) is 56.1 cm³/mol. The van der Waals surface area contributed by atoms with Crippen molar-refractivity contribution in [2.45, 2.75) is 37.8 Å². The number of nitrogens with zero attached hydrogens (tertiary/aromatic N) is 1. The van der Waals surface area contributed by atoms with Gasteiger partial charge in [-0.05, 0) is 25.2 Å². The number of piperidine rings is 2. The minimum atomic E-state index is -0.336. The van der Waals surface area contributed by atoms with Gasteiger partial charge in [-0.2, -0.15) is 0 Å². The van der Waals surface area contributed by atoms with Crippen LogP contribution >= 0.6 is 0 Å². The van der Waals surface area contributed by atoms with Crippen molar-refractivity contribution < 1.29 is 9.90 Å². The molecule has 2 bridgehead atoms. The lowest BCUT2D eigenvalue weighted by Crippen LogP contribution is -2.56. The molecule has 1 N–H and O–H groups in total. The molecule has 1 unspecified atom stereocenters. The molecular formula is C12H17NO2. The first-order valence-corrected chi connectivity index (χ1v) is 5.91. The van der Waals surface area contributed by atoms with Crippen LogP contribution in [0.15, 0.2) is 12.2 Å². The van der Waals surface area contributed by atoms with Gasteiger partial charge in [-0.1, -0.05) is 12.2 Å². The first-order chi connectivity index (χ1) is 7.25. The molecule has 0 spiro atoms. The van der Waals surface area contributed by atoms with E-state index in [9.17, 15) is 9.90 Å². The standard InChI is InChI=1S/C12H17NO2/c14-11-5-4-8-6-9(11)7-13-10(8)2-1-3-12(13)15/h4-5,8-11,14H,1-3,6-7H2/t8-,9+,10-,11?/m1/s1. The summed E-state index contributed by atoms with van der Waals surface area (Å²) in [7, 11) is 0. The average molecular weight is 207 g/mol. The summed E-state index contributed by atoms with van der Waals surface area (Å²) in [4.78, 5) is 13.8. The normalized spacial score (nSPS) is 44.1. The summed E-state index contributed by atoms with van der Waals surface area (Å²) in [5.74, 6) is 1.07. The molecule has 3 heteroatoms. The zero-order valence-corrected chi connectivity index (χ0v) is 8.80. The highest BCUT2D eigenvalue weighted by Crippen LogP contribution is 2.38. The molecule has 82 valence electrons. The third kappa shape index (κ3) is 1.41. The second-order valence-electron chi connectivity index (χ2n) is 5.04. The molecule has 2 heterocycles. The Balaban J connectivity index is 1.89. The molecule has 1 amide bonds. The Morgan fingerprint density at radius 1 is 1.40 bits per heavy atom. The van der Waals surface area contributed by atoms with Gasteiger partial charge < -0.3 is 10.0 Å². The van der Waals surface area contributed by atoms with Crippen molar-refractivity contribution in [1.29, 1.82) is 0 Å². The highest BCUT2D eigenvalue weighted by molar-refractivity contribution is 5.77. The zero-order valence-electron chi connectivity index (χ0n) is 8.80. The molecular weight excluding hydrogens is 190 g/mol. The van der Waals surface area contributed by atoms with Crippen LogP contribution in [0.25, 0.3) is 0 Å². The van der Waals surface area contributed by atoms with Crippen LogP contribution in [-0.4, -0.2) is 34.6 Å². The van der Waals surface area contributed by atoms with Gasteiger partial charge in [0, 0.05) is 24.9 Å². The van der Waals surface area contributed by atoms with Gasteiger partial charge in [-0.25, -0.2) is 0 Å². The quantitative estimate of drug-likeness (QED) is 0.600. The number of fused-ring (bicyclic) bond motifs is 4. The highest BCUT2D eigenvalue weighted by atomic mass is 16.3. The molecule has 2 aliphatic heterocycles. The Morgan fingerprint density at radius 2 is 2.27 bits per heavy atom. The molecule has 2 fully saturated rings. The minimum absolute atomic E-state index is 0.276. The third-order valence-corrected chi connectivity index (χ3v) is 4.15. The fourth-order valence-corrected chi connectivity index (χ4v) is 3.33. The van der Waals surface area contributed by atoms with Gasteiger partial charge in [0.05, 0.1) is 6.10 Å². The predicted octanol–water partition coefficient (Wildman–Crippen LogP) is 0.934. The Hall–Kier alpha value is -0.830. The molecule has 3 nitrogen and oxygen atoms in total. The number of carbonyl (C=O) groups excluding carboxylic acids is 1. The SMILES string of the molecule is O=C1CCC[C@@H]2[C@@H]3C=CC(O)[C@@H](C3)CN12. The largest absolute Gasteiger partial charge is 0.389 e. The van der Waals surface area contributed by atoms with Crippen molar-refractivity contribution in [3.63, 3.8) is 0 Å². The van der Waals surface area contributed by atoms with E-state index in [0.29, 0.717) is 24.3 Å². The van der Waals surface area contributed by atoms with Crippen LogP contribution in [0.1, 0.15) is 25.7 Å². The monoisotopic (exact) mass is 207 g/mol. The molecule has 3 aliphatic rings. The van der Waals surface area contributed by atoms with Crippen LogP contribution in [0.3, 0.4) is 0 Å². The summed E-state index contributed by atoms with van der Waals surface area (Å²) in [6, 6.07) is 0.422. The summed E-state index contributed by atoms with van der Waals surface area (Å²) in [5.41, 5.74) is 0. The van der Waals surface area contributed by atoms with Gasteiger partial charge in [0.25, 0.3) is 0 Å². The number of aliphatic hydroxyl groups excluding tert-OH is 1. The van der Waals surface area contributed by atoms with Gasteiger partial charge in [-0.3, -0.25) is 4.79 Å². The van der Waals surface area contributed by atoms with Crippen molar-refractivity contribution in [1.82, 2.24) is 4.90 Å². The maximum absolute atomic E-state index is 11.8. The molecule has 0 aromatic carbocycles. The Kier molecular flexibility index (Phi) is 2.09. The molecule has 0 aromatic rings. The lowest BCUT2D eigenvalue weighted by molar-refractivity contribution is -0.142. The van der Waals surface area contributed by atoms with Gasteiger partial charge in [-0.15, -0.1) is 0 Å². The van der Waals surface area contributed by atoms with Crippen LogP contribution < -0.4 is 0 Å². The number of hydrogen-bond acceptors (Lipinski definition) is 2. The fraction of sp³-hybridized carbons (Fsp3) is 0.750. The van der Waals surface area contributed by atoms with E-state index in [1.165, 1.54) is 0 Å². The summed E-state index contributed by atoms with van der Waals surface area (Å²) in [6.45, 7) is 0.769. The van der Waals surface area contributed by atoms with E-state index in [-0.39, 0.29) is 12.0 Å². The lowest BCUT2D eigenvalue weighted by Gasteiger charge is -2.49. The van der Waals surface area contributed by atoms with E-state index in [2.05, 4.69) is 6.08 Å². The van der Waals surface area contributed by atoms with Gasteiger partial charge in [0.1, 0.15) is 0 Å². The van der Waals surface area contributed by atoms with E-state index in [1.807, 2.05) is 11.0 Å². The van der Waals surface area contributed by atoms with E-state index in [1.54, 1.807) is 0 Å². The number of rotatable bonds is 0. The number of aliphatic hydroxyl groups is 1. The lowest BCUT2D eigenvalue weighted by atomic mass is 9.73. The number of carbonyl (C=O) groups is 1. The average Bonchev–Trinajstić information content (AvgIpc) is 2.25. The maximum atomic E-state index is 11.8. The Morgan fingerprint density at radius 3 is 3.13 bits per heavy atom. The van der Waals surface area contributed by atoms with Crippen molar-refractivity contribution in [2.75, 3.05) is 6.54 Å². The van der Waals surface area contributed by atoms with E-state index in [0.717, 1.165) is 25.8 Å². The van der Waals surface area contributed by atoms with E-state index in [4.69, 9.17) is 0 Å². The first-order valence-electron chi connectivity index (χ1n) is 5.91. The molecule has 3 rings (SSSR count). The summed E-state index contributed by atoms with van der Waals surface area (Å²) in [6.07, 6.45) is 7.66. The Bertz CT molecular complexity index is 313. The topological polar surface area (TPSA) is 40.5 Å². The first kappa shape index (κ1) is 9.40. The van der Waals surface area contributed by atoms with Crippen molar-refractivity contribution in [3.05, 3.63) is 12.2 Å². The van der Waals surface area contributed by atoms with Crippen LogP contribution in [-0.2, 0) is 4.79 Å². The molecule has 0 radical (unpaired) electrons. The van der Waals surface area contributed by atoms with Crippen LogP contribution in [0, 0.1) is 11.8 Å². The van der Waals surface area contributed by atoms with Gasteiger partial charge >= 0.3 is 0 Å². The third-order valence-electron chi connectivity index (χ3n) is 4.15. The van der Waals surface area contributed by atoms with Crippen LogP contribution in [0.2, 0.25) is 0 Å². The fourth-order valence-electron chi connectivity index (χ4n) is 3.33. The highest BCUT2D eigenvalue weighted by Gasteiger charge is 2.42. The van der Waals surface area contributed by atoms with Gasteiger partial charge in [0.2, 0.25) is 5.91 Å². The van der Waals surface area contributed by atoms with Crippen LogP contribution in [0.4, 0.5) is 0 Å². The summed E-state index contributed by atoms with van der Waals surface area (Å²) < 4.78 is 0. The van der Waals surface area contributed by atoms with E-state index < -0.39 is 0 Å². The Labute approximate surface area is 89.8 Å². The van der Waals surface area contributed by atoms with Crippen molar-refractivity contribution in [3.8, 4) is 0 Å². The summed E-state index contributed by atoms with van der Waals surface area (Å²) >= 11 is 0. The maximum Gasteiger partial charge on any atom is 0.222 e. The van der Waals surface area contributed by atoms with Crippen molar-refractivity contribution >= 4 is 5.91 Å².